The zero-order chi connectivity index (χ0) is 32.5. The van der Waals surface area contributed by atoms with Gasteiger partial charge in [-0.05, 0) is 71.6 Å². The number of hydrogen-bond acceptors (Lipinski definition) is 5. The number of fused-ring (bicyclic) bond motifs is 1. The fraction of sp³-hybridized carbons (Fsp3) is 0.400. The molecule has 4 aromatic rings. The van der Waals surface area contributed by atoms with E-state index in [2.05, 4.69) is 38.8 Å². The van der Waals surface area contributed by atoms with Crippen LogP contribution in [0.1, 0.15) is 62.2 Å². The molecule has 2 aromatic heterocycles. The highest BCUT2D eigenvalue weighted by atomic mass is 28.4. The Morgan fingerprint density at radius 2 is 1.64 bits per heavy atom. The summed E-state index contributed by atoms with van der Waals surface area (Å²) in [5.74, 6) is -0.661. The molecule has 0 N–H and O–H groups in total. The molecule has 3 heterocycles. The third-order valence-corrected chi connectivity index (χ3v) is 13.5. The van der Waals surface area contributed by atoms with Crippen molar-refractivity contribution in [1.82, 2.24) is 19.7 Å². The molecule has 238 valence electrons. The van der Waals surface area contributed by atoms with Gasteiger partial charge >= 0.3 is 0 Å². The normalized spacial score (nSPS) is 13.8. The van der Waals surface area contributed by atoms with E-state index in [1.54, 1.807) is 29.2 Å². The predicted octanol–water partition coefficient (Wildman–Crippen LogP) is 8.07. The van der Waals surface area contributed by atoms with Crippen molar-refractivity contribution in [2.75, 3.05) is 19.7 Å². The van der Waals surface area contributed by atoms with Crippen LogP contribution in [0.25, 0.3) is 22.4 Å². The van der Waals surface area contributed by atoms with E-state index in [0.29, 0.717) is 48.9 Å². The summed E-state index contributed by atoms with van der Waals surface area (Å²) in [6, 6.07) is 13.5. The van der Waals surface area contributed by atoms with Crippen LogP contribution in [0, 0.1) is 11.6 Å². The van der Waals surface area contributed by atoms with Gasteiger partial charge in [0.25, 0.3) is 5.91 Å². The SMILES string of the molecule is CC(C)c1cc(F)c(COc2ccc(-c3c(-c4ccncc4)nn4c3C(=O)N(CCO[Si](C)(C)C(C)(C)C)CC4)cc2)cc1F. The number of carbonyl (C=O) groups excluding carboxylic acids is 1. The monoisotopic (exact) mass is 632 g/mol. The van der Waals surface area contributed by atoms with Crippen molar-refractivity contribution in [2.45, 2.75) is 71.8 Å². The first-order valence-electron chi connectivity index (χ1n) is 15.4. The van der Waals surface area contributed by atoms with Crippen LogP contribution in [0.5, 0.6) is 5.75 Å². The van der Waals surface area contributed by atoms with Crippen LogP contribution in [0.4, 0.5) is 8.78 Å². The lowest BCUT2D eigenvalue weighted by Gasteiger charge is -2.37. The van der Waals surface area contributed by atoms with Gasteiger partial charge in [0.2, 0.25) is 0 Å². The maximum absolute atomic E-state index is 14.7. The molecule has 0 aliphatic carbocycles. The Morgan fingerprint density at radius 1 is 0.956 bits per heavy atom. The van der Waals surface area contributed by atoms with Gasteiger partial charge in [0.15, 0.2) is 8.32 Å². The van der Waals surface area contributed by atoms with Crippen molar-refractivity contribution in [3.8, 4) is 28.1 Å². The fourth-order valence-electron chi connectivity index (χ4n) is 5.17. The number of amides is 1. The number of carbonyl (C=O) groups is 1. The minimum Gasteiger partial charge on any atom is -0.489 e. The van der Waals surface area contributed by atoms with Gasteiger partial charge in [-0.25, -0.2) is 8.78 Å². The van der Waals surface area contributed by atoms with Gasteiger partial charge in [-0.3, -0.25) is 14.5 Å². The average Bonchev–Trinajstić information content (AvgIpc) is 3.39. The van der Waals surface area contributed by atoms with Crippen molar-refractivity contribution in [3.05, 3.63) is 89.4 Å². The Labute approximate surface area is 265 Å². The minimum absolute atomic E-state index is 0.0861. The van der Waals surface area contributed by atoms with Gasteiger partial charge in [0, 0.05) is 42.2 Å². The number of rotatable bonds is 10. The standard InChI is InChI=1S/C35H42F2N4O3Si/c1-23(2)28-21-29(36)26(20-30(28)37)22-43-27-10-8-24(9-11-27)31-32(25-12-14-38-15-13-25)39-41-17-16-40(34(42)33(31)41)18-19-44-45(6,7)35(3,4)5/h8-15,20-21,23H,16-19,22H2,1-7H3. The van der Waals surface area contributed by atoms with Gasteiger partial charge < -0.3 is 14.1 Å². The Hall–Kier alpha value is -3.89. The molecule has 0 atom stereocenters. The van der Waals surface area contributed by atoms with E-state index in [1.165, 1.54) is 12.1 Å². The second kappa shape index (κ2) is 12.8. The van der Waals surface area contributed by atoms with Crippen LogP contribution in [0.15, 0.2) is 60.9 Å². The minimum atomic E-state index is -1.95. The first kappa shape index (κ1) is 32.5. The largest absolute Gasteiger partial charge is 0.489 e. The molecule has 2 aromatic carbocycles. The molecule has 0 fully saturated rings. The molecule has 0 unspecified atom stereocenters. The van der Waals surface area contributed by atoms with E-state index in [0.717, 1.165) is 16.7 Å². The van der Waals surface area contributed by atoms with Gasteiger partial charge in [0.05, 0.1) is 13.2 Å². The Kier molecular flexibility index (Phi) is 9.28. The number of nitrogens with zero attached hydrogens (tertiary/aromatic N) is 4. The van der Waals surface area contributed by atoms with Crippen molar-refractivity contribution in [1.29, 1.82) is 0 Å². The molecular weight excluding hydrogens is 590 g/mol. The van der Waals surface area contributed by atoms with E-state index in [9.17, 15) is 13.6 Å². The highest BCUT2D eigenvalue weighted by molar-refractivity contribution is 6.74. The quantitative estimate of drug-likeness (QED) is 0.165. The zero-order valence-electron chi connectivity index (χ0n) is 27.2. The van der Waals surface area contributed by atoms with Crippen LogP contribution >= 0.6 is 0 Å². The molecule has 0 bridgehead atoms. The van der Waals surface area contributed by atoms with Crippen molar-refractivity contribution in [3.63, 3.8) is 0 Å². The van der Waals surface area contributed by atoms with Crippen molar-refractivity contribution in [2.24, 2.45) is 0 Å². The maximum atomic E-state index is 14.7. The molecule has 1 amide bonds. The van der Waals surface area contributed by atoms with Crippen LogP contribution < -0.4 is 4.74 Å². The first-order valence-corrected chi connectivity index (χ1v) is 18.3. The summed E-state index contributed by atoms with van der Waals surface area (Å²) in [4.78, 5) is 20.0. The molecule has 7 nitrogen and oxygen atoms in total. The number of ether oxygens (including phenoxy) is 1. The van der Waals surface area contributed by atoms with E-state index in [-0.39, 0.29) is 29.0 Å². The van der Waals surface area contributed by atoms with Crippen LogP contribution in [0.2, 0.25) is 18.1 Å². The predicted molar refractivity (Wildman–Crippen MR) is 175 cm³/mol. The number of pyridine rings is 1. The summed E-state index contributed by atoms with van der Waals surface area (Å²) in [5.41, 5.74) is 4.08. The van der Waals surface area contributed by atoms with Crippen LogP contribution in [0.3, 0.4) is 0 Å². The summed E-state index contributed by atoms with van der Waals surface area (Å²) in [5, 5.41) is 4.96. The fourth-order valence-corrected chi connectivity index (χ4v) is 6.20. The maximum Gasteiger partial charge on any atom is 0.272 e. The topological polar surface area (TPSA) is 69.5 Å². The summed E-state index contributed by atoms with van der Waals surface area (Å²) in [6.45, 7) is 16.7. The Morgan fingerprint density at radius 3 is 2.29 bits per heavy atom. The smallest absolute Gasteiger partial charge is 0.272 e. The molecule has 0 saturated heterocycles. The molecule has 0 saturated carbocycles. The van der Waals surface area contributed by atoms with Gasteiger partial charge in [0.1, 0.15) is 35.4 Å². The van der Waals surface area contributed by atoms with E-state index >= 15 is 0 Å². The summed E-state index contributed by atoms with van der Waals surface area (Å²) < 4.78 is 43.2. The molecule has 0 radical (unpaired) electrons. The van der Waals surface area contributed by atoms with Crippen LogP contribution in [-0.4, -0.2) is 53.6 Å². The Balaban J connectivity index is 1.40. The lowest BCUT2D eigenvalue weighted by molar-refractivity contribution is 0.0666. The second-order valence-electron chi connectivity index (χ2n) is 13.4. The Bertz CT molecular complexity index is 1670. The average molecular weight is 633 g/mol. The third-order valence-electron chi connectivity index (χ3n) is 8.93. The molecule has 5 rings (SSSR count). The highest BCUT2D eigenvalue weighted by Gasteiger charge is 2.38. The molecule has 1 aliphatic rings. The molecular formula is C35H42F2N4O3Si. The zero-order valence-corrected chi connectivity index (χ0v) is 28.2. The van der Waals surface area contributed by atoms with Crippen molar-refractivity contribution >= 4 is 14.2 Å². The number of hydrogen-bond donors (Lipinski definition) is 0. The van der Waals surface area contributed by atoms with E-state index < -0.39 is 20.0 Å². The lowest BCUT2D eigenvalue weighted by atomic mass is 9.98. The van der Waals surface area contributed by atoms with Crippen LogP contribution in [-0.2, 0) is 17.6 Å². The van der Waals surface area contributed by atoms with E-state index in [1.807, 2.05) is 43.0 Å². The molecule has 0 spiro atoms. The summed E-state index contributed by atoms with van der Waals surface area (Å²) in [7, 11) is -1.95. The second-order valence-corrected chi connectivity index (χ2v) is 18.2. The van der Waals surface area contributed by atoms with Gasteiger partial charge in [-0.15, -0.1) is 0 Å². The summed E-state index contributed by atoms with van der Waals surface area (Å²) in [6.07, 6.45) is 3.41. The molecule has 45 heavy (non-hydrogen) atoms. The van der Waals surface area contributed by atoms with E-state index in [4.69, 9.17) is 14.3 Å². The summed E-state index contributed by atoms with van der Waals surface area (Å²) >= 11 is 0. The number of halogens is 2. The number of benzene rings is 2. The third kappa shape index (κ3) is 6.87. The lowest BCUT2D eigenvalue weighted by Crippen LogP contribution is -2.46. The van der Waals surface area contributed by atoms with Crippen molar-refractivity contribution < 1.29 is 22.7 Å². The van der Waals surface area contributed by atoms with Gasteiger partial charge in [-0.2, -0.15) is 5.10 Å². The molecule has 10 heteroatoms. The highest BCUT2D eigenvalue weighted by Crippen LogP contribution is 2.38. The van der Waals surface area contributed by atoms with Gasteiger partial charge in [-0.1, -0.05) is 46.8 Å². The first-order chi connectivity index (χ1) is 21.3. The molecule has 1 aliphatic heterocycles. The number of aromatic nitrogens is 3.